The third-order valence-electron chi connectivity index (χ3n) is 5.00. The van der Waals surface area contributed by atoms with Crippen molar-refractivity contribution in [1.82, 2.24) is 14.7 Å². The van der Waals surface area contributed by atoms with Crippen LogP contribution in [-0.2, 0) is 25.8 Å². The topological polar surface area (TPSA) is 85.7 Å². The van der Waals surface area contributed by atoms with Gasteiger partial charge < -0.3 is 19.7 Å². The number of fused-ring (bicyclic) bond motifs is 1. The lowest BCUT2D eigenvalue weighted by Crippen LogP contribution is -2.51. The molecule has 9 heteroatoms. The average Bonchev–Trinajstić information content (AvgIpc) is 3.29. The molecule has 0 unspecified atom stereocenters. The number of carbonyl (C=O) groups excluding carboxylic acids is 2. The molecule has 0 saturated carbocycles. The van der Waals surface area contributed by atoms with Crippen LogP contribution in [0.5, 0.6) is 5.75 Å². The maximum absolute atomic E-state index is 12.8. The smallest absolute Gasteiger partial charge is 0.315 e. The zero-order valence-corrected chi connectivity index (χ0v) is 17.5. The highest BCUT2D eigenvalue weighted by molar-refractivity contribution is 7.98. The van der Waals surface area contributed by atoms with Crippen molar-refractivity contribution in [2.45, 2.75) is 37.6 Å². The minimum Gasteiger partial charge on any atom is -0.497 e. The van der Waals surface area contributed by atoms with Crippen molar-refractivity contribution in [3.8, 4) is 11.4 Å². The van der Waals surface area contributed by atoms with Gasteiger partial charge in [0.1, 0.15) is 11.6 Å². The van der Waals surface area contributed by atoms with Crippen LogP contribution >= 0.6 is 11.8 Å². The molecule has 2 aliphatic rings. The summed E-state index contributed by atoms with van der Waals surface area (Å²) in [6, 6.07) is 7.42. The summed E-state index contributed by atoms with van der Waals surface area (Å²) in [4.78, 5) is 27.1. The summed E-state index contributed by atoms with van der Waals surface area (Å²) in [5, 5.41) is 7.49. The second-order valence-electron chi connectivity index (χ2n) is 7.30. The molecule has 4 rings (SSSR count). The van der Waals surface area contributed by atoms with Gasteiger partial charge in [-0.05, 0) is 38.1 Å². The second kappa shape index (κ2) is 8.08. The number of benzene rings is 1. The Morgan fingerprint density at radius 1 is 1.17 bits per heavy atom. The molecule has 154 valence electrons. The molecule has 1 N–H and O–H groups in total. The van der Waals surface area contributed by atoms with E-state index in [-0.39, 0.29) is 12.2 Å². The first-order chi connectivity index (χ1) is 14.0. The first kappa shape index (κ1) is 19.8. The van der Waals surface area contributed by atoms with E-state index in [1.807, 2.05) is 38.1 Å². The maximum atomic E-state index is 12.8. The van der Waals surface area contributed by atoms with Crippen LogP contribution in [-0.4, -0.2) is 58.9 Å². The molecular formula is C20H24N4O4S. The summed E-state index contributed by atoms with van der Waals surface area (Å²) < 4.78 is 12.6. The normalized spacial score (nSPS) is 21.0. The largest absolute Gasteiger partial charge is 0.497 e. The lowest BCUT2D eigenvalue weighted by atomic mass is 10.2. The van der Waals surface area contributed by atoms with Gasteiger partial charge in [-0.15, -0.1) is 0 Å². The van der Waals surface area contributed by atoms with Gasteiger partial charge in [-0.1, -0.05) is 0 Å². The third-order valence-corrected chi connectivity index (χ3v) is 5.97. The van der Waals surface area contributed by atoms with Gasteiger partial charge >= 0.3 is 11.8 Å². The van der Waals surface area contributed by atoms with Crippen molar-refractivity contribution in [2.75, 3.05) is 25.5 Å². The van der Waals surface area contributed by atoms with Crippen LogP contribution < -0.4 is 10.1 Å². The molecule has 0 spiro atoms. The van der Waals surface area contributed by atoms with Crippen LogP contribution in [0.4, 0.5) is 5.82 Å². The Morgan fingerprint density at radius 2 is 1.86 bits per heavy atom. The van der Waals surface area contributed by atoms with E-state index in [0.717, 1.165) is 34.2 Å². The van der Waals surface area contributed by atoms with Gasteiger partial charge in [-0.2, -0.15) is 16.9 Å². The van der Waals surface area contributed by atoms with E-state index in [0.29, 0.717) is 18.9 Å². The van der Waals surface area contributed by atoms with Gasteiger partial charge in [0, 0.05) is 30.2 Å². The molecule has 1 aromatic carbocycles. The van der Waals surface area contributed by atoms with Gasteiger partial charge in [0.15, 0.2) is 0 Å². The van der Waals surface area contributed by atoms with E-state index in [9.17, 15) is 9.59 Å². The van der Waals surface area contributed by atoms with Gasteiger partial charge in [0.2, 0.25) is 0 Å². The minimum atomic E-state index is -0.652. The average molecular weight is 417 g/mol. The van der Waals surface area contributed by atoms with Crippen LogP contribution in [0.15, 0.2) is 24.3 Å². The molecule has 8 nitrogen and oxygen atoms in total. The number of morpholine rings is 1. The molecule has 1 saturated heterocycles. The zero-order valence-electron chi connectivity index (χ0n) is 16.7. The molecule has 0 aliphatic carbocycles. The highest BCUT2D eigenvalue weighted by atomic mass is 32.2. The monoisotopic (exact) mass is 416 g/mol. The highest BCUT2D eigenvalue weighted by Crippen LogP contribution is 2.36. The number of methoxy groups -OCH3 is 1. The quantitative estimate of drug-likeness (QED) is 0.772. The zero-order chi connectivity index (χ0) is 20.5. The summed E-state index contributed by atoms with van der Waals surface area (Å²) in [6.07, 6.45) is -0.193. The molecular weight excluding hydrogens is 392 g/mol. The Kier molecular flexibility index (Phi) is 5.51. The number of aromatic nitrogens is 2. The van der Waals surface area contributed by atoms with E-state index in [1.165, 1.54) is 0 Å². The molecule has 2 atom stereocenters. The first-order valence-corrected chi connectivity index (χ1v) is 10.7. The summed E-state index contributed by atoms with van der Waals surface area (Å²) in [6.45, 7) is 4.61. The van der Waals surface area contributed by atoms with E-state index in [4.69, 9.17) is 9.47 Å². The van der Waals surface area contributed by atoms with Gasteiger partial charge in [0.05, 0.1) is 30.7 Å². The number of carbonyl (C=O) groups is 2. The highest BCUT2D eigenvalue weighted by Gasteiger charge is 2.32. The number of nitrogens with one attached hydrogen (secondary N) is 1. The lowest BCUT2D eigenvalue weighted by Gasteiger charge is -2.34. The fourth-order valence-corrected chi connectivity index (χ4v) is 4.73. The second-order valence-corrected chi connectivity index (χ2v) is 8.28. The predicted molar refractivity (Wildman–Crippen MR) is 110 cm³/mol. The van der Waals surface area contributed by atoms with Crippen LogP contribution in [0.3, 0.4) is 0 Å². The molecule has 1 aromatic heterocycles. The molecule has 2 aromatic rings. The van der Waals surface area contributed by atoms with E-state index < -0.39 is 11.8 Å². The fraction of sp³-hybridized carbons (Fsp3) is 0.450. The summed E-state index contributed by atoms with van der Waals surface area (Å²) in [7, 11) is 1.61. The number of ether oxygens (including phenoxy) is 2. The number of anilines is 1. The summed E-state index contributed by atoms with van der Waals surface area (Å²) in [5.41, 5.74) is 2.69. The molecule has 3 heterocycles. The number of amides is 2. The Hall–Kier alpha value is -2.52. The Bertz CT molecular complexity index is 917. The van der Waals surface area contributed by atoms with Crippen molar-refractivity contribution >= 4 is 29.4 Å². The number of thioether (sulfide) groups is 1. The number of nitrogens with zero attached hydrogens (tertiary/aromatic N) is 3. The van der Waals surface area contributed by atoms with Crippen LogP contribution in [0.1, 0.15) is 25.1 Å². The molecule has 0 bridgehead atoms. The standard InChI is InChI=1S/C20H24N4O4S/c1-12-8-23(9-13(2)28-12)20(26)19(25)21-18-16-10-29-11-17(16)22-24(18)14-4-6-15(27-3)7-5-14/h4-7,12-13H,8-11H2,1-3H3,(H,21,25)/t12-,13-/m1/s1. The van der Waals surface area contributed by atoms with Crippen molar-refractivity contribution in [3.63, 3.8) is 0 Å². The summed E-state index contributed by atoms with van der Waals surface area (Å²) >= 11 is 1.74. The van der Waals surface area contributed by atoms with E-state index in [2.05, 4.69) is 10.4 Å². The Balaban J connectivity index is 1.59. The van der Waals surface area contributed by atoms with Crippen molar-refractivity contribution in [2.24, 2.45) is 0 Å². The molecule has 1 fully saturated rings. The first-order valence-electron chi connectivity index (χ1n) is 9.55. The van der Waals surface area contributed by atoms with E-state index in [1.54, 1.807) is 28.5 Å². The predicted octanol–water partition coefficient (Wildman–Crippen LogP) is 2.20. The Labute approximate surface area is 173 Å². The SMILES string of the molecule is COc1ccc(-n2nc3c(c2NC(=O)C(=O)N2C[C@@H](C)O[C@H](C)C2)CSC3)cc1. The number of hydrogen-bond donors (Lipinski definition) is 1. The molecule has 29 heavy (non-hydrogen) atoms. The molecule has 2 aliphatic heterocycles. The molecule has 2 amide bonds. The van der Waals surface area contributed by atoms with Crippen molar-refractivity contribution in [3.05, 3.63) is 35.5 Å². The number of hydrogen-bond acceptors (Lipinski definition) is 6. The third kappa shape index (κ3) is 3.97. The molecule has 0 radical (unpaired) electrons. The fourth-order valence-electron chi connectivity index (χ4n) is 3.70. The summed E-state index contributed by atoms with van der Waals surface area (Å²) in [5.74, 6) is 1.63. The number of rotatable bonds is 3. The van der Waals surface area contributed by atoms with Crippen LogP contribution in [0.2, 0.25) is 0 Å². The van der Waals surface area contributed by atoms with Gasteiger partial charge in [0.25, 0.3) is 0 Å². The van der Waals surface area contributed by atoms with Crippen molar-refractivity contribution < 1.29 is 19.1 Å². The van der Waals surface area contributed by atoms with Gasteiger partial charge in [-0.3, -0.25) is 9.59 Å². The van der Waals surface area contributed by atoms with Crippen LogP contribution in [0, 0.1) is 0 Å². The van der Waals surface area contributed by atoms with Gasteiger partial charge in [-0.25, -0.2) is 4.68 Å². The maximum Gasteiger partial charge on any atom is 0.315 e. The van der Waals surface area contributed by atoms with Crippen molar-refractivity contribution in [1.29, 1.82) is 0 Å². The van der Waals surface area contributed by atoms with E-state index >= 15 is 0 Å². The minimum absolute atomic E-state index is 0.0963. The Morgan fingerprint density at radius 3 is 2.52 bits per heavy atom. The van der Waals surface area contributed by atoms with Crippen LogP contribution in [0.25, 0.3) is 5.69 Å². The lowest BCUT2D eigenvalue weighted by molar-refractivity contribution is -0.151.